The third-order valence-electron chi connectivity index (χ3n) is 3.58. The summed E-state index contributed by atoms with van der Waals surface area (Å²) in [6.45, 7) is 2.20. The van der Waals surface area contributed by atoms with Crippen LogP contribution in [0.2, 0.25) is 0 Å². The van der Waals surface area contributed by atoms with Crippen molar-refractivity contribution in [2.75, 3.05) is 0 Å². The zero-order chi connectivity index (χ0) is 12.1. The first kappa shape index (κ1) is 12.4. The van der Waals surface area contributed by atoms with E-state index in [1.807, 2.05) is 18.2 Å². The maximum atomic E-state index is 9.05. The molecule has 0 aliphatic heterocycles. The molecule has 0 amide bonds. The highest BCUT2D eigenvalue weighted by molar-refractivity contribution is 5.15. The first-order valence-corrected chi connectivity index (χ1v) is 6.57. The van der Waals surface area contributed by atoms with Gasteiger partial charge in [-0.1, -0.05) is 19.4 Å². The van der Waals surface area contributed by atoms with Gasteiger partial charge in [0.15, 0.2) is 0 Å². The third-order valence-corrected chi connectivity index (χ3v) is 3.58. The van der Waals surface area contributed by atoms with Crippen LogP contribution in [0, 0.1) is 5.92 Å². The molecule has 1 saturated carbocycles. The summed E-state index contributed by atoms with van der Waals surface area (Å²) in [7, 11) is 0. The Balaban J connectivity index is 2.02. The minimum atomic E-state index is -0.0287. The van der Waals surface area contributed by atoms with Crippen molar-refractivity contribution in [2.24, 2.45) is 5.92 Å². The van der Waals surface area contributed by atoms with E-state index in [-0.39, 0.29) is 6.61 Å². The van der Waals surface area contributed by atoms with Crippen molar-refractivity contribution >= 4 is 0 Å². The molecule has 0 aromatic carbocycles. The normalized spacial score (nSPS) is 24.6. The van der Waals surface area contributed by atoms with Crippen LogP contribution < -0.4 is 4.74 Å². The van der Waals surface area contributed by atoms with Gasteiger partial charge in [0, 0.05) is 6.07 Å². The summed E-state index contributed by atoms with van der Waals surface area (Å²) < 4.78 is 5.98. The molecule has 2 rings (SSSR count). The zero-order valence-electron chi connectivity index (χ0n) is 10.4. The van der Waals surface area contributed by atoms with Crippen LogP contribution in [0.15, 0.2) is 18.2 Å². The summed E-state index contributed by atoms with van der Waals surface area (Å²) in [4.78, 5) is 4.28. The highest BCUT2D eigenvalue weighted by atomic mass is 16.5. The lowest BCUT2D eigenvalue weighted by Crippen LogP contribution is -2.30. The minimum Gasteiger partial charge on any atom is -0.474 e. The zero-order valence-corrected chi connectivity index (χ0v) is 10.4. The van der Waals surface area contributed by atoms with E-state index in [1.165, 1.54) is 25.7 Å². The Labute approximate surface area is 103 Å². The largest absolute Gasteiger partial charge is 0.474 e. The molecule has 0 spiro atoms. The maximum Gasteiger partial charge on any atom is 0.213 e. The lowest BCUT2D eigenvalue weighted by Gasteiger charge is -2.30. The van der Waals surface area contributed by atoms with Crippen molar-refractivity contribution in [3.8, 4) is 5.88 Å². The van der Waals surface area contributed by atoms with E-state index in [0.717, 1.165) is 6.42 Å². The van der Waals surface area contributed by atoms with Gasteiger partial charge in [0.05, 0.1) is 12.3 Å². The van der Waals surface area contributed by atoms with Gasteiger partial charge in [-0.2, -0.15) is 0 Å². The second kappa shape index (κ2) is 6.01. The predicted octanol–water partition coefficient (Wildman–Crippen LogP) is 2.92. The van der Waals surface area contributed by atoms with E-state index in [1.54, 1.807) is 0 Å². The average molecular weight is 235 g/mol. The molecular weight excluding hydrogens is 214 g/mol. The van der Waals surface area contributed by atoms with Gasteiger partial charge >= 0.3 is 0 Å². The van der Waals surface area contributed by atoms with Gasteiger partial charge in [-0.3, -0.25) is 0 Å². The van der Waals surface area contributed by atoms with E-state index >= 15 is 0 Å². The number of aliphatic hydroxyl groups excluding tert-OH is 1. The maximum absolute atomic E-state index is 9.05. The fourth-order valence-corrected chi connectivity index (χ4v) is 2.56. The van der Waals surface area contributed by atoms with E-state index in [2.05, 4.69) is 11.9 Å². The highest BCUT2D eigenvalue weighted by Gasteiger charge is 2.25. The standard InChI is InChI=1S/C14H21NO2/c1-2-11-6-3-4-8-13(11)17-14-9-5-7-12(10-16)15-14/h5,7,9,11,13,16H,2-4,6,8,10H2,1H3. The van der Waals surface area contributed by atoms with Crippen molar-refractivity contribution in [2.45, 2.75) is 51.7 Å². The van der Waals surface area contributed by atoms with Gasteiger partial charge in [0.25, 0.3) is 0 Å². The van der Waals surface area contributed by atoms with Crippen LogP contribution in [0.5, 0.6) is 5.88 Å². The Morgan fingerprint density at radius 3 is 2.94 bits per heavy atom. The quantitative estimate of drug-likeness (QED) is 0.872. The van der Waals surface area contributed by atoms with E-state index < -0.39 is 0 Å². The summed E-state index contributed by atoms with van der Waals surface area (Å²) in [5.41, 5.74) is 0.673. The monoisotopic (exact) mass is 235 g/mol. The van der Waals surface area contributed by atoms with Crippen molar-refractivity contribution in [1.82, 2.24) is 4.98 Å². The summed E-state index contributed by atoms with van der Waals surface area (Å²) in [5.74, 6) is 1.31. The molecule has 0 radical (unpaired) electrons. The van der Waals surface area contributed by atoms with Crippen LogP contribution in [0.1, 0.15) is 44.7 Å². The van der Waals surface area contributed by atoms with E-state index in [9.17, 15) is 0 Å². The summed E-state index contributed by atoms with van der Waals surface area (Å²) in [6, 6.07) is 5.57. The third kappa shape index (κ3) is 3.19. The molecule has 3 heteroatoms. The van der Waals surface area contributed by atoms with Gasteiger partial charge in [-0.25, -0.2) is 4.98 Å². The second-order valence-corrected chi connectivity index (χ2v) is 4.73. The fourth-order valence-electron chi connectivity index (χ4n) is 2.56. The molecule has 0 bridgehead atoms. The van der Waals surface area contributed by atoms with Crippen molar-refractivity contribution in [1.29, 1.82) is 0 Å². The van der Waals surface area contributed by atoms with E-state index in [4.69, 9.17) is 9.84 Å². The number of pyridine rings is 1. The Bertz CT molecular complexity index is 354. The SMILES string of the molecule is CCC1CCCCC1Oc1cccc(CO)n1. The molecule has 1 heterocycles. The van der Waals surface area contributed by atoms with Gasteiger partial charge < -0.3 is 9.84 Å². The number of hydrogen-bond acceptors (Lipinski definition) is 3. The molecule has 1 N–H and O–H groups in total. The van der Waals surface area contributed by atoms with Gasteiger partial charge in [0.1, 0.15) is 6.10 Å². The average Bonchev–Trinajstić information content (AvgIpc) is 2.39. The van der Waals surface area contributed by atoms with Gasteiger partial charge in [0.2, 0.25) is 5.88 Å². The summed E-state index contributed by atoms with van der Waals surface area (Å²) in [6.07, 6.45) is 6.44. The Morgan fingerprint density at radius 2 is 2.18 bits per heavy atom. The molecule has 2 unspecified atom stereocenters. The summed E-state index contributed by atoms with van der Waals surface area (Å²) in [5, 5.41) is 9.05. The van der Waals surface area contributed by atoms with Crippen molar-refractivity contribution in [3.05, 3.63) is 23.9 Å². The van der Waals surface area contributed by atoms with Crippen LogP contribution >= 0.6 is 0 Å². The molecule has 94 valence electrons. The number of rotatable bonds is 4. The predicted molar refractivity (Wildman–Crippen MR) is 66.8 cm³/mol. The Morgan fingerprint density at radius 1 is 1.35 bits per heavy atom. The Hall–Kier alpha value is -1.09. The lowest BCUT2D eigenvalue weighted by molar-refractivity contribution is 0.0853. The molecule has 2 atom stereocenters. The number of aliphatic hydroxyl groups is 1. The number of nitrogens with zero attached hydrogens (tertiary/aromatic N) is 1. The molecule has 1 aromatic heterocycles. The molecule has 0 saturated heterocycles. The first-order valence-electron chi connectivity index (χ1n) is 6.57. The minimum absolute atomic E-state index is 0.0287. The second-order valence-electron chi connectivity index (χ2n) is 4.73. The number of aromatic nitrogens is 1. The number of hydrogen-bond donors (Lipinski definition) is 1. The van der Waals surface area contributed by atoms with Crippen LogP contribution in [-0.4, -0.2) is 16.2 Å². The van der Waals surface area contributed by atoms with Crippen molar-refractivity contribution < 1.29 is 9.84 Å². The van der Waals surface area contributed by atoms with Crippen LogP contribution in [0.25, 0.3) is 0 Å². The van der Waals surface area contributed by atoms with Crippen molar-refractivity contribution in [3.63, 3.8) is 0 Å². The van der Waals surface area contributed by atoms with Gasteiger partial charge in [-0.15, -0.1) is 0 Å². The van der Waals surface area contributed by atoms with E-state index in [0.29, 0.717) is 23.6 Å². The topological polar surface area (TPSA) is 42.4 Å². The van der Waals surface area contributed by atoms with Gasteiger partial charge in [-0.05, 0) is 37.7 Å². The molecule has 1 fully saturated rings. The smallest absolute Gasteiger partial charge is 0.213 e. The molecule has 1 aliphatic rings. The summed E-state index contributed by atoms with van der Waals surface area (Å²) >= 11 is 0. The molecule has 1 aliphatic carbocycles. The molecule has 3 nitrogen and oxygen atoms in total. The first-order chi connectivity index (χ1) is 8.33. The lowest BCUT2D eigenvalue weighted by atomic mass is 9.85. The van der Waals surface area contributed by atoms with Crippen LogP contribution in [0.4, 0.5) is 0 Å². The Kier molecular flexibility index (Phi) is 4.37. The number of ether oxygens (including phenoxy) is 1. The highest BCUT2D eigenvalue weighted by Crippen LogP contribution is 2.29. The molecule has 17 heavy (non-hydrogen) atoms. The molecular formula is C14H21NO2. The van der Waals surface area contributed by atoms with Crippen LogP contribution in [0.3, 0.4) is 0 Å². The van der Waals surface area contributed by atoms with Crippen LogP contribution in [-0.2, 0) is 6.61 Å². The molecule has 1 aromatic rings. The fraction of sp³-hybridized carbons (Fsp3) is 0.643.